The van der Waals surface area contributed by atoms with E-state index in [0.717, 1.165) is 6.42 Å². The lowest BCUT2D eigenvalue weighted by Gasteiger charge is -2.09. The number of hydrogen-bond acceptors (Lipinski definition) is 4. The average Bonchev–Trinajstić information content (AvgIpc) is 3.26. The number of pyridine rings is 1. The molecule has 1 heterocycles. The van der Waals surface area contributed by atoms with E-state index >= 15 is 0 Å². The first-order chi connectivity index (χ1) is 10.1. The van der Waals surface area contributed by atoms with Crippen molar-refractivity contribution in [2.24, 2.45) is 0 Å². The lowest BCUT2D eigenvalue weighted by Crippen LogP contribution is -2.28. The van der Waals surface area contributed by atoms with Crippen LogP contribution in [0.25, 0.3) is 0 Å². The van der Waals surface area contributed by atoms with Crippen LogP contribution in [0.5, 0.6) is 0 Å². The number of nitrogens with zero attached hydrogens (tertiary/aromatic N) is 1. The quantitative estimate of drug-likeness (QED) is 0.886. The third kappa shape index (κ3) is 2.91. The van der Waals surface area contributed by atoms with Gasteiger partial charge in [-0.3, -0.25) is 0 Å². The zero-order chi connectivity index (χ0) is 14.9. The fourth-order valence-corrected chi connectivity index (χ4v) is 3.87. The van der Waals surface area contributed by atoms with Crippen LogP contribution in [-0.2, 0) is 10.0 Å². The molecule has 2 atom stereocenters. The van der Waals surface area contributed by atoms with Gasteiger partial charge < -0.3 is 5.32 Å². The molecule has 3 rings (SSSR count). The van der Waals surface area contributed by atoms with E-state index in [2.05, 4.69) is 15.0 Å². The minimum atomic E-state index is -3.60. The second-order valence-electron chi connectivity index (χ2n) is 5.09. The Morgan fingerprint density at radius 1 is 1.14 bits per heavy atom. The van der Waals surface area contributed by atoms with Crippen molar-refractivity contribution < 1.29 is 8.42 Å². The van der Waals surface area contributed by atoms with Crippen LogP contribution in [0, 0.1) is 0 Å². The molecule has 0 saturated heterocycles. The molecule has 1 aliphatic carbocycles. The van der Waals surface area contributed by atoms with Gasteiger partial charge in [0.2, 0.25) is 0 Å². The Balaban J connectivity index is 1.77. The molecule has 21 heavy (non-hydrogen) atoms. The molecular weight excluding hydrogens is 286 g/mol. The third-order valence-corrected chi connectivity index (χ3v) is 5.07. The maximum absolute atomic E-state index is 12.4. The Morgan fingerprint density at radius 2 is 1.90 bits per heavy atom. The highest BCUT2D eigenvalue weighted by Crippen LogP contribution is 2.41. The summed E-state index contributed by atoms with van der Waals surface area (Å²) in [6, 6.07) is 13.3. The molecule has 2 N–H and O–H groups in total. The van der Waals surface area contributed by atoms with Gasteiger partial charge >= 0.3 is 0 Å². The molecule has 0 bridgehead atoms. The van der Waals surface area contributed by atoms with Gasteiger partial charge in [-0.25, -0.2) is 18.1 Å². The summed E-state index contributed by atoms with van der Waals surface area (Å²) in [7, 11) is -1.92. The second kappa shape index (κ2) is 5.46. The molecule has 1 fully saturated rings. The Bertz CT molecular complexity index is 732. The largest absolute Gasteiger partial charge is 0.386 e. The maximum Gasteiger partial charge on any atom is 0.260 e. The van der Waals surface area contributed by atoms with E-state index in [1.165, 1.54) is 11.8 Å². The summed E-state index contributed by atoms with van der Waals surface area (Å²) >= 11 is 0. The van der Waals surface area contributed by atoms with Crippen LogP contribution < -0.4 is 10.0 Å². The molecule has 1 aromatic carbocycles. The fraction of sp³-hybridized carbons (Fsp3) is 0.267. The molecule has 2 aromatic rings. The van der Waals surface area contributed by atoms with E-state index in [4.69, 9.17) is 0 Å². The molecule has 6 heteroatoms. The van der Waals surface area contributed by atoms with Crippen LogP contribution in [-0.4, -0.2) is 26.5 Å². The number of aromatic nitrogens is 1. The highest BCUT2D eigenvalue weighted by Gasteiger charge is 2.41. The van der Waals surface area contributed by atoms with Gasteiger partial charge in [0.05, 0.1) is 5.69 Å². The molecule has 1 aliphatic rings. The van der Waals surface area contributed by atoms with E-state index in [-0.39, 0.29) is 17.0 Å². The molecule has 0 radical (unpaired) electrons. The van der Waals surface area contributed by atoms with Gasteiger partial charge in [-0.15, -0.1) is 0 Å². The number of hydrogen-bond donors (Lipinski definition) is 2. The van der Waals surface area contributed by atoms with E-state index in [1.54, 1.807) is 19.2 Å². The van der Waals surface area contributed by atoms with Crippen LogP contribution in [0.1, 0.15) is 17.9 Å². The first-order valence-electron chi connectivity index (χ1n) is 6.82. The smallest absolute Gasteiger partial charge is 0.260 e. The van der Waals surface area contributed by atoms with Crippen LogP contribution in [0.15, 0.2) is 53.7 Å². The van der Waals surface area contributed by atoms with Crippen LogP contribution in [0.3, 0.4) is 0 Å². The summed E-state index contributed by atoms with van der Waals surface area (Å²) in [5, 5.41) is 2.90. The highest BCUT2D eigenvalue weighted by molar-refractivity contribution is 7.89. The molecule has 1 aromatic heterocycles. The second-order valence-corrected chi connectivity index (χ2v) is 6.72. The van der Waals surface area contributed by atoms with Crippen molar-refractivity contribution in [3.05, 3.63) is 54.2 Å². The Labute approximate surface area is 124 Å². The van der Waals surface area contributed by atoms with Gasteiger partial charge in [0.15, 0.2) is 5.03 Å². The van der Waals surface area contributed by atoms with Gasteiger partial charge in [0.1, 0.15) is 0 Å². The van der Waals surface area contributed by atoms with E-state index in [9.17, 15) is 8.42 Å². The van der Waals surface area contributed by atoms with Crippen molar-refractivity contribution in [3.63, 3.8) is 0 Å². The van der Waals surface area contributed by atoms with E-state index < -0.39 is 10.0 Å². The van der Waals surface area contributed by atoms with Crippen molar-refractivity contribution in [1.82, 2.24) is 9.71 Å². The predicted molar refractivity (Wildman–Crippen MR) is 81.7 cm³/mol. The molecule has 0 spiro atoms. The summed E-state index contributed by atoms with van der Waals surface area (Å²) in [4.78, 5) is 3.99. The molecular formula is C15H17N3O2S. The van der Waals surface area contributed by atoms with Crippen molar-refractivity contribution in [2.45, 2.75) is 23.4 Å². The number of nitrogens with one attached hydrogen (secondary N) is 2. The maximum atomic E-state index is 12.4. The zero-order valence-corrected chi connectivity index (χ0v) is 12.5. The lowest BCUT2D eigenvalue weighted by atomic mass is 10.1. The number of benzene rings is 1. The number of anilines is 1. The molecule has 5 nitrogen and oxygen atoms in total. The normalized spacial score (nSPS) is 21.0. The van der Waals surface area contributed by atoms with Crippen LogP contribution in [0.4, 0.5) is 5.69 Å². The summed E-state index contributed by atoms with van der Waals surface area (Å²) in [6.45, 7) is 0. The van der Waals surface area contributed by atoms with Crippen molar-refractivity contribution in [2.75, 3.05) is 12.4 Å². The summed E-state index contributed by atoms with van der Waals surface area (Å²) < 4.78 is 27.6. The standard InChI is InChI=1S/C15H17N3O2S/c1-16-13-8-5-9-17-15(13)21(19,20)18-14-10-12(14)11-6-3-2-4-7-11/h2-9,12,14,16,18H,10H2,1H3. The SMILES string of the molecule is CNc1cccnc1S(=O)(=O)NC1CC1c1ccccc1. The Kier molecular flexibility index (Phi) is 3.65. The molecule has 0 aliphatic heterocycles. The summed E-state index contributed by atoms with van der Waals surface area (Å²) in [6.07, 6.45) is 2.31. The third-order valence-electron chi connectivity index (χ3n) is 3.62. The first kappa shape index (κ1) is 14.0. The number of sulfonamides is 1. The van der Waals surface area contributed by atoms with Gasteiger partial charge in [0.25, 0.3) is 10.0 Å². The van der Waals surface area contributed by atoms with Gasteiger partial charge in [0, 0.05) is 25.2 Å². The van der Waals surface area contributed by atoms with Crippen molar-refractivity contribution >= 4 is 15.7 Å². The highest BCUT2D eigenvalue weighted by atomic mass is 32.2. The predicted octanol–water partition coefficient (Wildman–Crippen LogP) is 1.96. The minimum Gasteiger partial charge on any atom is -0.386 e. The topological polar surface area (TPSA) is 71.1 Å². The van der Waals surface area contributed by atoms with Gasteiger partial charge in [-0.05, 0) is 24.1 Å². The van der Waals surface area contributed by atoms with Gasteiger partial charge in [-0.1, -0.05) is 30.3 Å². The molecule has 2 unspecified atom stereocenters. The molecule has 1 saturated carbocycles. The van der Waals surface area contributed by atoms with E-state index in [1.807, 2.05) is 30.3 Å². The Hall–Kier alpha value is -1.92. The van der Waals surface area contributed by atoms with Gasteiger partial charge in [-0.2, -0.15) is 0 Å². The minimum absolute atomic E-state index is 0.0474. The van der Waals surface area contributed by atoms with Crippen molar-refractivity contribution in [1.29, 1.82) is 0 Å². The lowest BCUT2D eigenvalue weighted by molar-refractivity contribution is 0.576. The average molecular weight is 303 g/mol. The zero-order valence-electron chi connectivity index (χ0n) is 11.7. The number of rotatable bonds is 5. The van der Waals surface area contributed by atoms with E-state index in [0.29, 0.717) is 5.69 Å². The fourth-order valence-electron chi connectivity index (χ4n) is 2.44. The van der Waals surface area contributed by atoms with Crippen molar-refractivity contribution in [3.8, 4) is 0 Å². The summed E-state index contributed by atoms with van der Waals surface area (Å²) in [5.41, 5.74) is 1.67. The molecule has 110 valence electrons. The monoisotopic (exact) mass is 303 g/mol. The summed E-state index contributed by atoms with van der Waals surface area (Å²) in [5.74, 6) is 0.253. The van der Waals surface area contributed by atoms with Crippen LogP contribution in [0.2, 0.25) is 0 Å². The first-order valence-corrected chi connectivity index (χ1v) is 8.30. The molecule has 0 amide bonds. The van der Waals surface area contributed by atoms with Crippen LogP contribution >= 0.6 is 0 Å². The Morgan fingerprint density at radius 3 is 2.62 bits per heavy atom.